The number of anilines is 1. The summed E-state index contributed by atoms with van der Waals surface area (Å²) >= 11 is 3.48. The third-order valence-electron chi connectivity index (χ3n) is 2.55. The van der Waals surface area contributed by atoms with E-state index in [4.69, 9.17) is 4.74 Å². The third kappa shape index (κ3) is 3.19. The van der Waals surface area contributed by atoms with Crippen LogP contribution in [0.4, 0.5) is 5.82 Å². The van der Waals surface area contributed by atoms with E-state index in [1.54, 1.807) is 7.11 Å². The first-order valence-corrected chi connectivity index (χ1v) is 6.46. The van der Waals surface area contributed by atoms with Gasteiger partial charge in [-0.3, -0.25) is 0 Å². The number of ether oxygens (including phenoxy) is 1. The van der Waals surface area contributed by atoms with Crippen LogP contribution in [0.3, 0.4) is 0 Å². The molecule has 4 nitrogen and oxygen atoms in total. The van der Waals surface area contributed by atoms with Gasteiger partial charge < -0.3 is 15.2 Å². The van der Waals surface area contributed by atoms with Crippen LogP contribution in [-0.2, 0) is 4.74 Å². The molecule has 96 valence electrons. The van der Waals surface area contributed by atoms with Gasteiger partial charge in [-0.05, 0) is 34.1 Å². The molecule has 2 rings (SSSR count). The highest BCUT2D eigenvalue weighted by atomic mass is 79.9. The van der Waals surface area contributed by atoms with Crippen LogP contribution >= 0.6 is 15.9 Å². The van der Waals surface area contributed by atoms with Crippen molar-refractivity contribution in [2.45, 2.75) is 6.10 Å². The van der Waals surface area contributed by atoms with Crippen molar-refractivity contribution >= 4 is 32.7 Å². The van der Waals surface area contributed by atoms with Gasteiger partial charge in [0.15, 0.2) is 0 Å². The number of pyridine rings is 1. The fraction of sp³-hybridized carbons (Fsp3) is 0.308. The van der Waals surface area contributed by atoms with Crippen molar-refractivity contribution in [1.29, 1.82) is 0 Å². The predicted molar refractivity (Wildman–Crippen MR) is 75.8 cm³/mol. The van der Waals surface area contributed by atoms with E-state index in [9.17, 15) is 5.11 Å². The smallest absolute Gasteiger partial charge is 0.126 e. The molecule has 0 spiro atoms. The van der Waals surface area contributed by atoms with Gasteiger partial charge in [-0.1, -0.05) is 12.1 Å². The normalized spacial score (nSPS) is 12.6. The average molecular weight is 311 g/mol. The molecular formula is C13H15BrN2O2. The Morgan fingerprint density at radius 2 is 2.22 bits per heavy atom. The number of para-hydroxylation sites is 1. The van der Waals surface area contributed by atoms with E-state index in [1.807, 2.05) is 30.3 Å². The summed E-state index contributed by atoms with van der Waals surface area (Å²) in [6.07, 6.45) is -0.535. The molecular weight excluding hydrogens is 296 g/mol. The molecule has 0 aliphatic heterocycles. The van der Waals surface area contributed by atoms with Gasteiger partial charge in [0.2, 0.25) is 0 Å². The number of aliphatic hydroxyl groups excluding tert-OH is 1. The maximum atomic E-state index is 9.55. The Balaban J connectivity index is 2.12. The summed E-state index contributed by atoms with van der Waals surface area (Å²) in [4.78, 5) is 4.50. The molecule has 1 heterocycles. The molecule has 0 bridgehead atoms. The van der Waals surface area contributed by atoms with Crippen LogP contribution < -0.4 is 5.32 Å². The summed E-state index contributed by atoms with van der Waals surface area (Å²) in [5, 5.41) is 13.7. The Hall–Kier alpha value is -1.17. The van der Waals surface area contributed by atoms with Crippen molar-refractivity contribution in [3.8, 4) is 0 Å². The van der Waals surface area contributed by atoms with E-state index in [-0.39, 0.29) is 0 Å². The van der Waals surface area contributed by atoms with Crippen molar-refractivity contribution in [2.75, 3.05) is 25.6 Å². The number of methoxy groups -OCH3 is 1. The summed E-state index contributed by atoms with van der Waals surface area (Å²) in [5.74, 6) is 0.740. The number of benzene rings is 1. The van der Waals surface area contributed by atoms with E-state index < -0.39 is 6.10 Å². The first kappa shape index (κ1) is 13.3. The second kappa shape index (κ2) is 6.13. The number of hydrogen-bond acceptors (Lipinski definition) is 4. The summed E-state index contributed by atoms with van der Waals surface area (Å²) < 4.78 is 5.82. The van der Waals surface area contributed by atoms with E-state index in [0.29, 0.717) is 13.2 Å². The van der Waals surface area contributed by atoms with Gasteiger partial charge in [-0.15, -0.1) is 0 Å². The lowest BCUT2D eigenvalue weighted by Gasteiger charge is -2.11. The predicted octanol–water partition coefficient (Wildman–Crippen LogP) is 2.42. The number of rotatable bonds is 5. The van der Waals surface area contributed by atoms with Crippen molar-refractivity contribution in [2.24, 2.45) is 0 Å². The van der Waals surface area contributed by atoms with Crippen LogP contribution in [0.5, 0.6) is 0 Å². The fourth-order valence-electron chi connectivity index (χ4n) is 1.68. The lowest BCUT2D eigenvalue weighted by Crippen LogP contribution is -2.24. The van der Waals surface area contributed by atoms with Gasteiger partial charge in [0.1, 0.15) is 5.82 Å². The van der Waals surface area contributed by atoms with Gasteiger partial charge in [0.05, 0.1) is 18.2 Å². The molecule has 2 N–H and O–H groups in total. The van der Waals surface area contributed by atoms with Crippen LogP contribution in [0.15, 0.2) is 34.8 Å². The van der Waals surface area contributed by atoms with Gasteiger partial charge in [-0.2, -0.15) is 0 Å². The standard InChI is InChI=1S/C13H15BrN2O2/c1-18-8-10(17)7-15-12-6-5-9-3-2-4-11(14)13(9)16-12/h2-6,10,17H,7-8H2,1H3,(H,15,16)/t10-/m1/s1. The number of nitrogens with one attached hydrogen (secondary N) is 1. The van der Waals surface area contributed by atoms with Crippen molar-refractivity contribution in [3.63, 3.8) is 0 Å². The molecule has 1 atom stereocenters. The van der Waals surface area contributed by atoms with Crippen molar-refractivity contribution in [3.05, 3.63) is 34.8 Å². The van der Waals surface area contributed by atoms with Crippen LogP contribution in [0.25, 0.3) is 10.9 Å². The molecule has 0 saturated heterocycles. The first-order valence-electron chi connectivity index (χ1n) is 5.67. The van der Waals surface area contributed by atoms with Gasteiger partial charge in [0.25, 0.3) is 0 Å². The number of hydrogen-bond donors (Lipinski definition) is 2. The molecule has 0 unspecified atom stereocenters. The monoisotopic (exact) mass is 310 g/mol. The van der Waals surface area contributed by atoms with Gasteiger partial charge >= 0.3 is 0 Å². The molecule has 18 heavy (non-hydrogen) atoms. The average Bonchev–Trinajstić information content (AvgIpc) is 2.37. The lowest BCUT2D eigenvalue weighted by atomic mass is 10.2. The molecule has 0 radical (unpaired) electrons. The van der Waals surface area contributed by atoms with E-state index in [1.165, 1.54) is 0 Å². The second-order valence-corrected chi connectivity index (χ2v) is 4.85. The van der Waals surface area contributed by atoms with Gasteiger partial charge in [0, 0.05) is 23.5 Å². The number of aromatic nitrogens is 1. The van der Waals surface area contributed by atoms with Gasteiger partial charge in [-0.25, -0.2) is 4.98 Å². The Labute approximate surface area is 114 Å². The molecule has 0 amide bonds. The number of nitrogens with zero attached hydrogens (tertiary/aromatic N) is 1. The minimum absolute atomic E-state index is 0.310. The number of fused-ring (bicyclic) bond motifs is 1. The molecule has 2 aromatic rings. The largest absolute Gasteiger partial charge is 0.389 e. The Morgan fingerprint density at radius 1 is 1.39 bits per heavy atom. The molecule has 0 fully saturated rings. The van der Waals surface area contributed by atoms with Crippen LogP contribution in [0.2, 0.25) is 0 Å². The quantitative estimate of drug-likeness (QED) is 0.890. The third-order valence-corrected chi connectivity index (χ3v) is 3.19. The van der Waals surface area contributed by atoms with Crippen LogP contribution in [0, 0.1) is 0 Å². The topological polar surface area (TPSA) is 54.4 Å². The zero-order chi connectivity index (χ0) is 13.0. The number of halogens is 1. The Morgan fingerprint density at radius 3 is 3.00 bits per heavy atom. The fourth-order valence-corrected chi connectivity index (χ4v) is 2.15. The Kier molecular flexibility index (Phi) is 4.52. The maximum Gasteiger partial charge on any atom is 0.126 e. The van der Waals surface area contributed by atoms with Crippen LogP contribution in [-0.4, -0.2) is 36.5 Å². The zero-order valence-corrected chi connectivity index (χ0v) is 11.6. The highest BCUT2D eigenvalue weighted by molar-refractivity contribution is 9.10. The first-order chi connectivity index (χ1) is 8.70. The summed E-state index contributed by atoms with van der Waals surface area (Å²) in [6.45, 7) is 0.723. The summed E-state index contributed by atoms with van der Waals surface area (Å²) in [5.41, 5.74) is 0.906. The van der Waals surface area contributed by atoms with Crippen molar-refractivity contribution < 1.29 is 9.84 Å². The molecule has 0 saturated carbocycles. The Bertz CT molecular complexity index is 533. The van der Waals surface area contributed by atoms with Crippen LogP contribution in [0.1, 0.15) is 0 Å². The number of aliphatic hydroxyl groups is 1. The summed E-state index contributed by atoms with van der Waals surface area (Å²) in [7, 11) is 1.56. The molecule has 5 heteroatoms. The summed E-state index contributed by atoms with van der Waals surface area (Å²) in [6, 6.07) is 9.84. The lowest BCUT2D eigenvalue weighted by molar-refractivity contribution is 0.0727. The highest BCUT2D eigenvalue weighted by Crippen LogP contribution is 2.23. The van der Waals surface area contributed by atoms with E-state index in [0.717, 1.165) is 21.2 Å². The molecule has 1 aromatic heterocycles. The molecule has 1 aromatic carbocycles. The molecule has 0 aliphatic carbocycles. The van der Waals surface area contributed by atoms with E-state index in [2.05, 4.69) is 26.2 Å². The zero-order valence-electron chi connectivity index (χ0n) is 10.1. The minimum atomic E-state index is -0.535. The van der Waals surface area contributed by atoms with Crippen molar-refractivity contribution in [1.82, 2.24) is 4.98 Å². The minimum Gasteiger partial charge on any atom is -0.389 e. The highest BCUT2D eigenvalue weighted by Gasteiger charge is 2.05. The second-order valence-electron chi connectivity index (χ2n) is 4.00. The van der Waals surface area contributed by atoms with E-state index >= 15 is 0 Å². The maximum absolute atomic E-state index is 9.55. The molecule has 0 aliphatic rings. The SMILES string of the molecule is COC[C@H](O)CNc1ccc2cccc(Br)c2n1.